The Morgan fingerprint density at radius 1 is 1.42 bits per heavy atom. The highest BCUT2D eigenvalue weighted by Gasteiger charge is 2.47. The van der Waals surface area contributed by atoms with Gasteiger partial charge in [-0.1, -0.05) is 36.5 Å². The highest BCUT2D eigenvalue weighted by molar-refractivity contribution is 8.22. The van der Waals surface area contributed by atoms with Crippen LogP contribution in [0, 0.1) is 0 Å². The molecule has 0 saturated heterocycles. The molecule has 0 aromatic heterocycles. The summed E-state index contributed by atoms with van der Waals surface area (Å²) in [6.07, 6.45) is 0.974. The van der Waals surface area contributed by atoms with Crippen molar-refractivity contribution in [2.75, 3.05) is 11.6 Å². The highest BCUT2D eigenvalue weighted by Crippen LogP contribution is 2.60. The van der Waals surface area contributed by atoms with Crippen molar-refractivity contribution in [3.63, 3.8) is 0 Å². The van der Waals surface area contributed by atoms with E-state index >= 15 is 0 Å². The fraction of sp³-hybridized carbons (Fsp3) is 0.308. The van der Waals surface area contributed by atoms with E-state index in [-0.39, 0.29) is 6.54 Å². The monoisotopic (exact) mass is 294 g/mol. The van der Waals surface area contributed by atoms with E-state index in [2.05, 4.69) is 19.1 Å². The molecule has 1 aromatic carbocycles. The molecule has 0 fully saturated rings. The van der Waals surface area contributed by atoms with E-state index in [4.69, 9.17) is 10.6 Å². The van der Waals surface area contributed by atoms with Gasteiger partial charge < -0.3 is 5.73 Å². The van der Waals surface area contributed by atoms with Crippen LogP contribution >= 0.6 is 23.5 Å². The topological polar surface area (TPSA) is 55.6 Å². The van der Waals surface area contributed by atoms with Gasteiger partial charge >= 0.3 is 0 Å². The van der Waals surface area contributed by atoms with Crippen LogP contribution in [0.2, 0.25) is 0 Å². The largest absolute Gasteiger partial charge is 0.368 e. The Balaban J connectivity index is 2.03. The maximum absolute atomic E-state index is 11.2. The van der Waals surface area contributed by atoms with Crippen LogP contribution in [-0.2, 0) is 20.3 Å². The van der Waals surface area contributed by atoms with E-state index in [1.165, 1.54) is 5.56 Å². The smallest absolute Gasteiger partial charge is 0.239 e. The number of hydrogen-bond acceptors (Lipinski definition) is 5. The lowest BCUT2D eigenvalue weighted by Crippen LogP contribution is -2.33. The zero-order valence-electron chi connectivity index (χ0n) is 10.5. The minimum absolute atomic E-state index is 0.0708. The summed E-state index contributed by atoms with van der Waals surface area (Å²) in [6.45, 7) is 2.19. The summed E-state index contributed by atoms with van der Waals surface area (Å²) in [7, 11) is 0. The Bertz CT molecular complexity index is 552. The number of carbonyl (C=O) groups excluding carboxylic acids is 1. The van der Waals surface area contributed by atoms with Crippen LogP contribution in [0.3, 0.4) is 0 Å². The van der Waals surface area contributed by atoms with E-state index in [0.29, 0.717) is 0 Å². The second-order valence-electron chi connectivity index (χ2n) is 4.36. The van der Waals surface area contributed by atoms with E-state index in [1.807, 2.05) is 16.9 Å². The van der Waals surface area contributed by atoms with Gasteiger partial charge in [-0.2, -0.15) is 0 Å². The first kappa shape index (κ1) is 12.9. The average Bonchev–Trinajstić information content (AvgIpc) is 2.96. The van der Waals surface area contributed by atoms with Gasteiger partial charge in [-0.15, -0.1) is 0 Å². The second-order valence-corrected chi connectivity index (χ2v) is 6.79. The van der Waals surface area contributed by atoms with Crippen molar-refractivity contribution >= 4 is 35.1 Å². The number of fused-ring (bicyclic) bond motifs is 2. The minimum atomic E-state index is -0.490. The van der Waals surface area contributed by atoms with Crippen LogP contribution in [0.4, 0.5) is 5.69 Å². The van der Waals surface area contributed by atoms with Gasteiger partial charge in [-0.3, -0.25) is 4.79 Å². The predicted octanol–water partition coefficient (Wildman–Crippen LogP) is 2.55. The summed E-state index contributed by atoms with van der Waals surface area (Å²) in [6, 6.07) is 6.22. The quantitative estimate of drug-likeness (QED) is 0.928. The van der Waals surface area contributed by atoms with E-state index in [9.17, 15) is 4.79 Å². The molecule has 1 spiro atoms. The zero-order valence-corrected chi connectivity index (χ0v) is 12.1. The van der Waals surface area contributed by atoms with Gasteiger partial charge in [0.1, 0.15) is 6.54 Å². The number of anilines is 1. The van der Waals surface area contributed by atoms with Crippen molar-refractivity contribution in [1.29, 1.82) is 0 Å². The Morgan fingerprint density at radius 2 is 2.16 bits per heavy atom. The molecule has 2 aliphatic rings. The standard InChI is InChI=1S/C13H14N2O2S2/c1-2-9-3-4-11-10(7-9)13(18-5-6-19-13)17-15(11)8-12(14)16/h3-7H,2,8H2,1H3,(H2,14,16). The molecular weight excluding hydrogens is 280 g/mol. The lowest BCUT2D eigenvalue weighted by molar-refractivity contribution is -0.118. The number of thioether (sulfide) groups is 2. The minimum Gasteiger partial charge on any atom is -0.368 e. The van der Waals surface area contributed by atoms with Crippen LogP contribution in [0.25, 0.3) is 0 Å². The molecule has 19 heavy (non-hydrogen) atoms. The number of hydroxylamine groups is 1. The van der Waals surface area contributed by atoms with Crippen molar-refractivity contribution < 1.29 is 9.63 Å². The molecular formula is C13H14N2O2S2. The Kier molecular flexibility index (Phi) is 3.24. The zero-order chi connectivity index (χ0) is 13.5. The molecule has 3 rings (SSSR count). The Hall–Kier alpha value is -1.11. The number of aryl methyl sites for hydroxylation is 1. The molecule has 100 valence electrons. The van der Waals surface area contributed by atoms with E-state index in [0.717, 1.165) is 17.7 Å². The van der Waals surface area contributed by atoms with Crippen LogP contribution in [-0.4, -0.2) is 12.5 Å². The number of benzene rings is 1. The molecule has 0 aliphatic carbocycles. The lowest BCUT2D eigenvalue weighted by atomic mass is 10.1. The second kappa shape index (κ2) is 4.77. The number of amides is 1. The third-order valence-electron chi connectivity index (χ3n) is 3.10. The number of primary amides is 1. The van der Waals surface area contributed by atoms with E-state index < -0.39 is 10.2 Å². The number of hydrogen-bond donors (Lipinski definition) is 1. The maximum atomic E-state index is 11.2. The molecule has 0 unspecified atom stereocenters. The summed E-state index contributed by atoms with van der Waals surface area (Å²) in [5.41, 5.74) is 8.58. The molecule has 1 amide bonds. The lowest BCUT2D eigenvalue weighted by Gasteiger charge is -2.22. The predicted molar refractivity (Wildman–Crippen MR) is 79.4 cm³/mol. The fourth-order valence-electron chi connectivity index (χ4n) is 2.20. The Labute approximate surface area is 120 Å². The summed E-state index contributed by atoms with van der Waals surface area (Å²) in [4.78, 5) is 17.1. The molecule has 2 aliphatic heterocycles. The van der Waals surface area contributed by atoms with Crippen molar-refractivity contribution in [2.24, 2.45) is 5.73 Å². The summed E-state index contributed by atoms with van der Waals surface area (Å²) >= 11 is 3.22. The molecule has 2 N–H and O–H groups in total. The number of carbonyl (C=O) groups is 1. The van der Waals surface area contributed by atoms with Crippen molar-refractivity contribution in [2.45, 2.75) is 17.6 Å². The van der Waals surface area contributed by atoms with Gasteiger partial charge in [0.15, 0.2) is 0 Å². The van der Waals surface area contributed by atoms with Crippen molar-refractivity contribution in [3.05, 3.63) is 40.1 Å². The molecule has 4 nitrogen and oxygen atoms in total. The van der Waals surface area contributed by atoms with Crippen LogP contribution < -0.4 is 10.8 Å². The number of rotatable bonds is 3. The Morgan fingerprint density at radius 3 is 2.79 bits per heavy atom. The third-order valence-corrected chi connectivity index (χ3v) is 5.60. The van der Waals surface area contributed by atoms with E-state index in [1.54, 1.807) is 28.6 Å². The van der Waals surface area contributed by atoms with Crippen LogP contribution in [0.5, 0.6) is 0 Å². The van der Waals surface area contributed by atoms with Crippen molar-refractivity contribution in [1.82, 2.24) is 0 Å². The first-order valence-electron chi connectivity index (χ1n) is 6.03. The molecule has 0 bridgehead atoms. The molecule has 0 radical (unpaired) electrons. The van der Waals surface area contributed by atoms with Gasteiger partial charge in [0.25, 0.3) is 0 Å². The van der Waals surface area contributed by atoms with Gasteiger partial charge in [-0.25, -0.2) is 9.90 Å². The molecule has 2 heterocycles. The summed E-state index contributed by atoms with van der Waals surface area (Å²) in [5, 5.41) is 5.63. The molecule has 6 heteroatoms. The van der Waals surface area contributed by atoms with Gasteiger partial charge in [0, 0.05) is 5.56 Å². The summed E-state index contributed by atoms with van der Waals surface area (Å²) < 4.78 is -0.490. The van der Waals surface area contributed by atoms with Gasteiger partial charge in [0.2, 0.25) is 10.2 Å². The van der Waals surface area contributed by atoms with Crippen LogP contribution in [0.15, 0.2) is 29.0 Å². The molecule has 0 saturated carbocycles. The first-order chi connectivity index (χ1) is 9.14. The number of nitrogens with two attached hydrogens (primary N) is 1. The van der Waals surface area contributed by atoms with Crippen LogP contribution in [0.1, 0.15) is 18.1 Å². The van der Waals surface area contributed by atoms with Gasteiger partial charge in [0.05, 0.1) is 5.69 Å². The normalized spacial score (nSPS) is 19.1. The molecule has 0 atom stereocenters. The third kappa shape index (κ3) is 2.13. The highest BCUT2D eigenvalue weighted by atomic mass is 32.2. The number of nitrogens with zero attached hydrogens (tertiary/aromatic N) is 1. The average molecular weight is 294 g/mol. The van der Waals surface area contributed by atoms with Crippen molar-refractivity contribution in [3.8, 4) is 0 Å². The first-order valence-corrected chi connectivity index (χ1v) is 7.79. The fourth-order valence-corrected chi connectivity index (χ4v) is 4.41. The maximum Gasteiger partial charge on any atom is 0.239 e. The summed E-state index contributed by atoms with van der Waals surface area (Å²) in [5.74, 6) is -0.400. The molecule has 1 aromatic rings. The van der Waals surface area contributed by atoms with Gasteiger partial charge in [-0.05, 0) is 34.9 Å². The SMILES string of the molecule is CCc1ccc2c(c1)C1(ON2CC(N)=O)SC=CS1.